The highest BCUT2D eigenvalue weighted by Gasteiger charge is 2.21. The Bertz CT molecular complexity index is 1510. The molecule has 0 aliphatic rings. The van der Waals surface area contributed by atoms with Crippen LogP contribution in [-0.4, -0.2) is 110 Å². The molecule has 0 saturated heterocycles. The van der Waals surface area contributed by atoms with Crippen LogP contribution in [0, 0.1) is 0 Å². The lowest BCUT2D eigenvalue weighted by atomic mass is 9.93. The maximum Gasteiger partial charge on any atom is 0.161 e. The van der Waals surface area contributed by atoms with Gasteiger partial charge in [0.25, 0.3) is 0 Å². The highest BCUT2D eigenvalue weighted by atomic mass is 16.5. The van der Waals surface area contributed by atoms with Gasteiger partial charge in [0.1, 0.15) is 0 Å². The first kappa shape index (κ1) is 54.8. The van der Waals surface area contributed by atoms with Gasteiger partial charge < -0.3 is 59.1 Å². The summed E-state index contributed by atoms with van der Waals surface area (Å²) in [4.78, 5) is 0. The quantitative estimate of drug-likeness (QED) is 0.0183. The number of aliphatic hydroxyl groups is 6. The normalized spacial score (nSPS) is 11.5. The molecule has 0 saturated carbocycles. The second-order valence-corrected chi connectivity index (χ2v) is 17.5. The van der Waals surface area contributed by atoms with Crippen molar-refractivity contribution >= 4 is 32.3 Å². The molecule has 12 nitrogen and oxygen atoms in total. The molecule has 66 heavy (non-hydrogen) atoms. The smallest absolute Gasteiger partial charge is 0.161 e. The van der Waals surface area contributed by atoms with Crippen LogP contribution in [0.1, 0.15) is 154 Å². The Kier molecular flexibility index (Phi) is 28.7. The van der Waals surface area contributed by atoms with E-state index in [1.165, 1.54) is 0 Å². The zero-order valence-electron chi connectivity index (χ0n) is 40.1. The van der Waals surface area contributed by atoms with Crippen LogP contribution < -0.4 is 28.4 Å². The Labute approximate surface area is 394 Å². The molecule has 0 bridgehead atoms. The van der Waals surface area contributed by atoms with Gasteiger partial charge in [0.2, 0.25) is 0 Å². The summed E-state index contributed by atoms with van der Waals surface area (Å²) in [5.41, 5.74) is 0. The number of aliphatic hydroxyl groups excluding tert-OH is 6. The second kappa shape index (κ2) is 34.5. The molecule has 0 aliphatic heterocycles. The highest BCUT2D eigenvalue weighted by Crippen LogP contribution is 2.47. The second-order valence-electron chi connectivity index (χ2n) is 17.5. The van der Waals surface area contributed by atoms with Crippen LogP contribution in [0.2, 0.25) is 0 Å². The predicted octanol–water partition coefficient (Wildman–Crippen LogP) is 10.7. The first-order valence-electron chi connectivity index (χ1n) is 25.6. The summed E-state index contributed by atoms with van der Waals surface area (Å²) >= 11 is 0. The van der Waals surface area contributed by atoms with Crippen LogP contribution in [0.5, 0.6) is 34.5 Å². The number of unbranched alkanes of at least 4 members (excludes halogenated alkanes) is 18. The predicted molar refractivity (Wildman–Crippen MR) is 265 cm³/mol. The van der Waals surface area contributed by atoms with Crippen molar-refractivity contribution in [2.75, 3.05) is 79.3 Å². The number of hydrogen-bond donors (Lipinski definition) is 6. The third-order valence-electron chi connectivity index (χ3n) is 12.0. The van der Waals surface area contributed by atoms with Gasteiger partial charge in [-0.1, -0.05) is 38.5 Å². The minimum atomic E-state index is 0.187. The van der Waals surface area contributed by atoms with Crippen LogP contribution in [0.4, 0.5) is 0 Å². The fourth-order valence-corrected chi connectivity index (χ4v) is 8.19. The van der Waals surface area contributed by atoms with Crippen LogP contribution in [0.15, 0.2) is 36.4 Å². The third-order valence-corrected chi connectivity index (χ3v) is 12.0. The Morgan fingerprint density at radius 2 is 0.333 bits per heavy atom. The van der Waals surface area contributed by atoms with Crippen molar-refractivity contribution in [3.63, 3.8) is 0 Å². The molecule has 0 aromatic heterocycles. The average Bonchev–Trinajstić information content (AvgIpc) is 3.33. The van der Waals surface area contributed by atoms with E-state index in [2.05, 4.69) is 36.4 Å². The molecule has 6 N–H and O–H groups in total. The number of benzene rings is 4. The van der Waals surface area contributed by atoms with E-state index in [1.54, 1.807) is 0 Å². The van der Waals surface area contributed by atoms with E-state index in [4.69, 9.17) is 28.4 Å². The fourth-order valence-electron chi connectivity index (χ4n) is 8.19. The van der Waals surface area contributed by atoms with Crippen molar-refractivity contribution in [1.29, 1.82) is 0 Å². The van der Waals surface area contributed by atoms with Crippen LogP contribution in [-0.2, 0) is 0 Å². The molecule has 12 heteroatoms. The number of hydrogen-bond acceptors (Lipinski definition) is 12. The van der Waals surface area contributed by atoms with E-state index in [-0.39, 0.29) is 39.6 Å². The summed E-state index contributed by atoms with van der Waals surface area (Å²) < 4.78 is 39.4. The number of fused-ring (bicyclic) bond motifs is 6. The van der Waals surface area contributed by atoms with Gasteiger partial charge in [0.05, 0.1) is 39.6 Å². The maximum atomic E-state index is 9.33. The molecule has 0 amide bonds. The van der Waals surface area contributed by atoms with E-state index in [9.17, 15) is 30.6 Å². The summed E-state index contributed by atoms with van der Waals surface area (Å²) in [6.45, 7) is 4.16. The van der Waals surface area contributed by atoms with Gasteiger partial charge in [-0.05, 0) is 184 Å². The monoisotopic (exact) mass is 925 g/mol. The van der Waals surface area contributed by atoms with Crippen molar-refractivity contribution in [1.82, 2.24) is 0 Å². The molecular formula is C54H84O12. The van der Waals surface area contributed by atoms with Gasteiger partial charge in [0, 0.05) is 39.6 Å². The van der Waals surface area contributed by atoms with Crippen molar-refractivity contribution in [2.45, 2.75) is 154 Å². The van der Waals surface area contributed by atoms with Gasteiger partial charge in [-0.3, -0.25) is 0 Å². The van der Waals surface area contributed by atoms with E-state index in [1.807, 2.05) is 0 Å². The molecule has 0 aliphatic carbocycles. The minimum Gasteiger partial charge on any atom is -0.490 e. The lowest BCUT2D eigenvalue weighted by Gasteiger charge is -2.21. The van der Waals surface area contributed by atoms with E-state index < -0.39 is 0 Å². The van der Waals surface area contributed by atoms with Crippen molar-refractivity contribution in [3.8, 4) is 34.5 Å². The zero-order valence-corrected chi connectivity index (χ0v) is 40.1. The SMILES string of the molecule is OCCCCCCOc1cc2c3cc(OCCCCCCO)c(OCCCCCCO)cc3c3cc(OCCCCCCO)c(OCCCCCCO)cc3c2cc1OCCCCCCO. The first-order chi connectivity index (χ1) is 32.6. The van der Waals surface area contributed by atoms with Gasteiger partial charge in [-0.25, -0.2) is 0 Å². The Balaban J connectivity index is 1.91. The topological polar surface area (TPSA) is 177 Å². The molecule has 4 rings (SSSR count). The van der Waals surface area contributed by atoms with E-state index >= 15 is 0 Å². The minimum absolute atomic E-state index is 0.187. The number of rotatable bonds is 42. The third kappa shape index (κ3) is 19.4. The van der Waals surface area contributed by atoms with E-state index in [0.717, 1.165) is 186 Å². The number of ether oxygens (including phenoxy) is 6. The molecule has 0 atom stereocenters. The largest absolute Gasteiger partial charge is 0.490 e. The van der Waals surface area contributed by atoms with Gasteiger partial charge in [-0.15, -0.1) is 0 Å². The molecular weight excluding hydrogens is 841 g/mol. The summed E-state index contributed by atoms with van der Waals surface area (Å²) in [5.74, 6) is 3.98. The summed E-state index contributed by atoms with van der Waals surface area (Å²) in [6, 6.07) is 12.6. The molecule has 4 aromatic carbocycles. The van der Waals surface area contributed by atoms with Crippen LogP contribution in [0.3, 0.4) is 0 Å². The molecule has 0 spiro atoms. The van der Waals surface area contributed by atoms with E-state index in [0.29, 0.717) is 74.1 Å². The van der Waals surface area contributed by atoms with Crippen LogP contribution >= 0.6 is 0 Å². The standard InChI is InChI=1S/C54H84O12/c55-25-13-1-7-19-31-61-49-37-43-44(38-50(49)62-32-20-8-2-14-26-56)46-40-52(64-34-22-10-4-16-28-58)54(66-36-24-12-6-18-30-60)42-48(46)47-41-53(65-35-23-11-5-17-29-59)51(39-45(43)47)63-33-21-9-3-15-27-57/h37-42,55-60H,1-36H2. The molecule has 0 fully saturated rings. The zero-order chi connectivity index (χ0) is 46.9. The van der Waals surface area contributed by atoms with Crippen molar-refractivity contribution in [3.05, 3.63) is 36.4 Å². The average molecular weight is 925 g/mol. The van der Waals surface area contributed by atoms with Gasteiger partial charge >= 0.3 is 0 Å². The molecule has 0 radical (unpaired) electrons. The Morgan fingerprint density at radius 1 is 0.197 bits per heavy atom. The fraction of sp³-hybridized carbons (Fsp3) is 0.667. The lowest BCUT2D eigenvalue weighted by Crippen LogP contribution is -2.05. The lowest BCUT2D eigenvalue weighted by molar-refractivity contribution is 0.251. The first-order valence-corrected chi connectivity index (χ1v) is 25.6. The molecule has 4 aromatic rings. The molecule has 0 heterocycles. The van der Waals surface area contributed by atoms with Gasteiger partial charge in [0.15, 0.2) is 34.5 Å². The van der Waals surface area contributed by atoms with Crippen molar-refractivity contribution < 1.29 is 59.1 Å². The highest BCUT2D eigenvalue weighted by molar-refractivity contribution is 6.26. The maximum absolute atomic E-state index is 9.33. The molecule has 0 unspecified atom stereocenters. The Morgan fingerprint density at radius 3 is 0.470 bits per heavy atom. The summed E-state index contributed by atoms with van der Waals surface area (Å²) in [7, 11) is 0. The summed E-state index contributed by atoms with van der Waals surface area (Å²) in [5, 5.41) is 61.8. The summed E-state index contributed by atoms with van der Waals surface area (Å²) in [6.07, 6.45) is 21.0. The van der Waals surface area contributed by atoms with Crippen molar-refractivity contribution in [2.24, 2.45) is 0 Å². The van der Waals surface area contributed by atoms with Gasteiger partial charge in [-0.2, -0.15) is 0 Å². The Hall–Kier alpha value is -3.78. The molecule has 372 valence electrons. The van der Waals surface area contributed by atoms with Crippen LogP contribution in [0.25, 0.3) is 32.3 Å².